The third-order valence-corrected chi connectivity index (χ3v) is 4.28. The molecule has 5 heteroatoms. The second-order valence-corrected chi connectivity index (χ2v) is 7.08. The minimum Gasteiger partial charge on any atom is -0.491 e. The highest BCUT2D eigenvalue weighted by molar-refractivity contribution is 7.80. The third-order valence-electron chi connectivity index (χ3n) is 3.63. The van der Waals surface area contributed by atoms with Gasteiger partial charge >= 0.3 is 0 Å². The zero-order chi connectivity index (χ0) is 18.2. The topological polar surface area (TPSA) is 33.3 Å². The van der Waals surface area contributed by atoms with Gasteiger partial charge in [0.1, 0.15) is 5.75 Å². The van der Waals surface area contributed by atoms with E-state index in [1.165, 1.54) is 5.56 Å². The summed E-state index contributed by atoms with van der Waals surface area (Å²) in [6, 6.07) is 14.1. The number of halogens is 1. The average molecular weight is 377 g/mol. The molecule has 134 valence electrons. The standard InChI is InChI=1S/C20H25ClN2OS/c1-14(2)24-18-8-4-6-16(12-18)7-5-11-22-20(25)23-17-10-9-15(3)19(21)13-17/h4,6,8-10,12-14H,5,7,11H2,1-3H3,(H2,22,23,25). The molecule has 0 heterocycles. The lowest BCUT2D eigenvalue weighted by Crippen LogP contribution is -2.29. The number of hydrogen-bond donors (Lipinski definition) is 2. The van der Waals surface area contributed by atoms with Crippen LogP contribution in [0.4, 0.5) is 5.69 Å². The van der Waals surface area contributed by atoms with Crippen LogP contribution in [0.5, 0.6) is 5.75 Å². The van der Waals surface area contributed by atoms with Gasteiger partial charge in [0.05, 0.1) is 6.10 Å². The number of aryl methyl sites for hydroxylation is 2. The molecule has 0 unspecified atom stereocenters. The Morgan fingerprint density at radius 3 is 2.72 bits per heavy atom. The molecule has 2 rings (SSSR count). The van der Waals surface area contributed by atoms with E-state index in [1.807, 2.05) is 51.1 Å². The van der Waals surface area contributed by atoms with E-state index in [2.05, 4.69) is 22.8 Å². The molecule has 2 aromatic rings. The van der Waals surface area contributed by atoms with Gasteiger partial charge in [-0.15, -0.1) is 0 Å². The second kappa shape index (κ2) is 9.64. The van der Waals surface area contributed by atoms with E-state index >= 15 is 0 Å². The molecule has 0 bridgehead atoms. The Hall–Kier alpha value is -1.78. The second-order valence-electron chi connectivity index (χ2n) is 6.26. The van der Waals surface area contributed by atoms with Crippen molar-refractivity contribution in [3.8, 4) is 5.75 Å². The maximum Gasteiger partial charge on any atom is 0.170 e. The predicted octanol–water partition coefficient (Wildman–Crippen LogP) is 5.35. The molecule has 0 aliphatic carbocycles. The molecule has 0 saturated heterocycles. The molecule has 2 aromatic carbocycles. The molecule has 0 aliphatic rings. The van der Waals surface area contributed by atoms with Crippen LogP contribution in [-0.2, 0) is 6.42 Å². The van der Waals surface area contributed by atoms with Crippen LogP contribution in [-0.4, -0.2) is 17.8 Å². The van der Waals surface area contributed by atoms with Crippen LogP contribution in [0.2, 0.25) is 5.02 Å². The van der Waals surface area contributed by atoms with Crippen molar-refractivity contribution >= 4 is 34.6 Å². The van der Waals surface area contributed by atoms with E-state index in [4.69, 9.17) is 28.6 Å². The summed E-state index contributed by atoms with van der Waals surface area (Å²) in [5.74, 6) is 0.925. The first-order valence-corrected chi connectivity index (χ1v) is 9.29. The molecule has 2 N–H and O–H groups in total. The molecule has 0 aromatic heterocycles. The third kappa shape index (κ3) is 6.92. The Balaban J connectivity index is 1.73. The summed E-state index contributed by atoms with van der Waals surface area (Å²) in [6.07, 6.45) is 2.15. The first kappa shape index (κ1) is 19.5. The van der Waals surface area contributed by atoms with E-state index in [-0.39, 0.29) is 6.10 Å². The van der Waals surface area contributed by atoms with Crippen molar-refractivity contribution < 1.29 is 4.74 Å². The van der Waals surface area contributed by atoms with Gasteiger partial charge in [0, 0.05) is 17.3 Å². The lowest BCUT2D eigenvalue weighted by atomic mass is 10.1. The largest absolute Gasteiger partial charge is 0.491 e. The van der Waals surface area contributed by atoms with Crippen LogP contribution >= 0.6 is 23.8 Å². The summed E-state index contributed by atoms with van der Waals surface area (Å²) in [4.78, 5) is 0. The fraction of sp³-hybridized carbons (Fsp3) is 0.350. The van der Waals surface area contributed by atoms with Gasteiger partial charge in [0.15, 0.2) is 5.11 Å². The van der Waals surface area contributed by atoms with Crippen molar-refractivity contribution in [3.05, 3.63) is 58.6 Å². The number of anilines is 1. The lowest BCUT2D eigenvalue weighted by molar-refractivity contribution is 0.242. The Bertz CT molecular complexity index is 719. The van der Waals surface area contributed by atoms with Crippen LogP contribution in [0.15, 0.2) is 42.5 Å². The van der Waals surface area contributed by atoms with Crippen molar-refractivity contribution in [2.75, 3.05) is 11.9 Å². The van der Waals surface area contributed by atoms with Crippen molar-refractivity contribution in [3.63, 3.8) is 0 Å². The van der Waals surface area contributed by atoms with E-state index in [1.54, 1.807) is 0 Å². The minimum absolute atomic E-state index is 0.190. The molecule has 0 atom stereocenters. The van der Waals surface area contributed by atoms with E-state index in [9.17, 15) is 0 Å². The van der Waals surface area contributed by atoms with Crippen molar-refractivity contribution in [2.45, 2.75) is 39.7 Å². The van der Waals surface area contributed by atoms with Crippen LogP contribution in [0.25, 0.3) is 0 Å². The average Bonchev–Trinajstić information content (AvgIpc) is 2.55. The monoisotopic (exact) mass is 376 g/mol. The van der Waals surface area contributed by atoms with E-state index < -0.39 is 0 Å². The predicted molar refractivity (Wildman–Crippen MR) is 111 cm³/mol. The molecule has 25 heavy (non-hydrogen) atoms. The summed E-state index contributed by atoms with van der Waals surface area (Å²) in [5.41, 5.74) is 3.21. The number of nitrogens with one attached hydrogen (secondary N) is 2. The summed E-state index contributed by atoms with van der Waals surface area (Å²) in [5, 5.41) is 7.72. The molecule has 0 saturated carbocycles. The Morgan fingerprint density at radius 1 is 1.20 bits per heavy atom. The van der Waals surface area contributed by atoms with Gasteiger partial charge in [-0.1, -0.05) is 29.8 Å². The first-order valence-electron chi connectivity index (χ1n) is 8.50. The molecular formula is C20H25ClN2OS. The van der Waals surface area contributed by atoms with Gasteiger partial charge in [-0.3, -0.25) is 0 Å². The fourth-order valence-electron chi connectivity index (χ4n) is 2.39. The van der Waals surface area contributed by atoms with Crippen LogP contribution < -0.4 is 15.4 Å². The molecule has 0 spiro atoms. The number of hydrogen-bond acceptors (Lipinski definition) is 2. The Labute approximate surface area is 160 Å². The van der Waals surface area contributed by atoms with Crippen LogP contribution in [0, 0.1) is 6.92 Å². The van der Waals surface area contributed by atoms with Crippen molar-refractivity contribution in [2.24, 2.45) is 0 Å². The molecule has 0 fully saturated rings. The van der Waals surface area contributed by atoms with E-state index in [0.29, 0.717) is 5.11 Å². The van der Waals surface area contributed by atoms with Gasteiger partial charge in [-0.25, -0.2) is 0 Å². The zero-order valence-electron chi connectivity index (χ0n) is 14.9. The van der Waals surface area contributed by atoms with Gasteiger partial charge in [0.25, 0.3) is 0 Å². The summed E-state index contributed by atoms with van der Waals surface area (Å²) < 4.78 is 5.73. The first-order chi connectivity index (χ1) is 11.9. The molecule has 0 aliphatic heterocycles. The van der Waals surface area contributed by atoms with Gasteiger partial charge < -0.3 is 15.4 Å². The number of ether oxygens (including phenoxy) is 1. The highest BCUT2D eigenvalue weighted by Crippen LogP contribution is 2.20. The SMILES string of the molecule is Cc1ccc(NC(=S)NCCCc2cccc(OC(C)C)c2)cc1Cl. The summed E-state index contributed by atoms with van der Waals surface area (Å²) >= 11 is 11.4. The number of rotatable bonds is 7. The highest BCUT2D eigenvalue weighted by atomic mass is 35.5. The van der Waals surface area contributed by atoms with Crippen molar-refractivity contribution in [1.29, 1.82) is 0 Å². The maximum atomic E-state index is 6.12. The Morgan fingerprint density at radius 2 is 2.00 bits per heavy atom. The van der Waals surface area contributed by atoms with Gasteiger partial charge in [0.2, 0.25) is 0 Å². The minimum atomic E-state index is 0.190. The van der Waals surface area contributed by atoms with Gasteiger partial charge in [-0.05, 0) is 81.2 Å². The van der Waals surface area contributed by atoms with Gasteiger partial charge in [-0.2, -0.15) is 0 Å². The Kier molecular flexibility index (Phi) is 7.53. The molecule has 0 amide bonds. The molecular weight excluding hydrogens is 352 g/mol. The van der Waals surface area contributed by atoms with Crippen molar-refractivity contribution in [1.82, 2.24) is 5.32 Å². The fourth-order valence-corrected chi connectivity index (χ4v) is 2.79. The highest BCUT2D eigenvalue weighted by Gasteiger charge is 2.02. The van der Waals surface area contributed by atoms with E-state index in [0.717, 1.165) is 41.4 Å². The summed E-state index contributed by atoms with van der Waals surface area (Å²) in [6.45, 7) is 6.85. The quantitative estimate of drug-likeness (QED) is 0.503. The zero-order valence-corrected chi connectivity index (χ0v) is 16.5. The van der Waals surface area contributed by atoms with Crippen LogP contribution in [0.1, 0.15) is 31.4 Å². The summed E-state index contributed by atoms with van der Waals surface area (Å²) in [7, 11) is 0. The number of benzene rings is 2. The lowest BCUT2D eigenvalue weighted by Gasteiger charge is -2.12. The smallest absolute Gasteiger partial charge is 0.170 e. The molecule has 0 radical (unpaired) electrons. The number of thiocarbonyl (C=S) groups is 1. The van der Waals surface area contributed by atoms with Crippen LogP contribution in [0.3, 0.4) is 0 Å². The molecule has 3 nitrogen and oxygen atoms in total. The normalized spacial score (nSPS) is 10.6. The maximum absolute atomic E-state index is 6.12.